The van der Waals surface area contributed by atoms with Crippen molar-refractivity contribution in [2.24, 2.45) is 5.73 Å². The van der Waals surface area contributed by atoms with Gasteiger partial charge in [-0.3, -0.25) is 0 Å². The number of rotatable bonds is 2. The fraction of sp³-hybridized carbons (Fsp3) is 0.889. The van der Waals surface area contributed by atoms with Crippen LogP contribution in [0.25, 0.3) is 0 Å². The number of amides is 1. The van der Waals surface area contributed by atoms with Gasteiger partial charge in [-0.1, -0.05) is 0 Å². The smallest absolute Gasteiger partial charge is 0.407 e. The molecule has 1 aliphatic carbocycles. The van der Waals surface area contributed by atoms with Gasteiger partial charge in [-0.15, -0.1) is 0 Å². The maximum atomic E-state index is 11.1. The maximum Gasteiger partial charge on any atom is 0.407 e. The number of nitrogens with one attached hydrogen (secondary N) is 1. The predicted molar refractivity (Wildman–Crippen MR) is 50.4 cm³/mol. The van der Waals surface area contributed by atoms with Crippen LogP contribution in [0.4, 0.5) is 4.79 Å². The van der Waals surface area contributed by atoms with Gasteiger partial charge in [0.05, 0.1) is 5.54 Å². The van der Waals surface area contributed by atoms with E-state index in [2.05, 4.69) is 5.32 Å². The minimum atomic E-state index is -0.385. The highest BCUT2D eigenvalue weighted by Crippen LogP contribution is 2.32. The van der Waals surface area contributed by atoms with E-state index in [9.17, 15) is 4.79 Å². The molecule has 0 radical (unpaired) electrons. The number of carbonyl (C=O) groups excluding carboxylic acids is 1. The Bertz CT molecular complexity index is 204. The van der Waals surface area contributed by atoms with E-state index in [0.717, 1.165) is 12.8 Å². The van der Waals surface area contributed by atoms with Crippen molar-refractivity contribution < 1.29 is 9.53 Å². The maximum absolute atomic E-state index is 11.1. The second-order valence-corrected chi connectivity index (χ2v) is 4.81. The van der Waals surface area contributed by atoms with Gasteiger partial charge in [0.2, 0.25) is 0 Å². The summed E-state index contributed by atoms with van der Waals surface area (Å²) >= 11 is 0. The molecule has 3 N–H and O–H groups in total. The molecule has 0 aromatic carbocycles. The summed E-state index contributed by atoms with van der Waals surface area (Å²) in [6, 6.07) is 0. The number of carbonyl (C=O) groups is 1. The normalized spacial score (nSPS) is 19.4. The van der Waals surface area contributed by atoms with Crippen LogP contribution in [0, 0.1) is 0 Å². The summed E-state index contributed by atoms with van der Waals surface area (Å²) in [6.45, 7) is 6.05. The van der Waals surface area contributed by atoms with Crippen molar-refractivity contribution in [3.8, 4) is 0 Å². The van der Waals surface area contributed by atoms with Gasteiger partial charge in [-0.2, -0.15) is 0 Å². The van der Waals surface area contributed by atoms with Crippen LogP contribution in [-0.4, -0.2) is 23.8 Å². The number of hydrogen-bond acceptors (Lipinski definition) is 3. The third-order valence-electron chi connectivity index (χ3n) is 1.86. The van der Waals surface area contributed by atoms with Crippen LogP contribution >= 0.6 is 0 Å². The third kappa shape index (κ3) is 4.12. The molecule has 0 spiro atoms. The van der Waals surface area contributed by atoms with E-state index in [0.29, 0.717) is 6.61 Å². The zero-order valence-electron chi connectivity index (χ0n) is 8.52. The zero-order valence-corrected chi connectivity index (χ0v) is 8.52. The van der Waals surface area contributed by atoms with Gasteiger partial charge in [0.1, 0.15) is 6.61 Å². The zero-order chi connectivity index (χ0) is 10.1. The first-order chi connectivity index (χ1) is 5.81. The van der Waals surface area contributed by atoms with E-state index in [-0.39, 0.29) is 17.2 Å². The van der Waals surface area contributed by atoms with Crippen LogP contribution in [0.2, 0.25) is 0 Å². The Labute approximate surface area is 78.8 Å². The van der Waals surface area contributed by atoms with Crippen molar-refractivity contribution in [2.75, 3.05) is 6.61 Å². The van der Waals surface area contributed by atoms with Crippen molar-refractivity contribution in [3.05, 3.63) is 0 Å². The van der Waals surface area contributed by atoms with Gasteiger partial charge in [-0.25, -0.2) is 4.79 Å². The largest absolute Gasteiger partial charge is 0.448 e. The Balaban J connectivity index is 2.18. The summed E-state index contributed by atoms with van der Waals surface area (Å²) in [5.41, 5.74) is 5.28. The minimum absolute atomic E-state index is 0.227. The molecule has 1 aliphatic rings. The Morgan fingerprint density at radius 3 is 2.46 bits per heavy atom. The van der Waals surface area contributed by atoms with Crippen molar-refractivity contribution >= 4 is 6.09 Å². The Kier molecular flexibility index (Phi) is 2.52. The summed E-state index contributed by atoms with van der Waals surface area (Å²) in [6.07, 6.45) is 1.52. The standard InChI is InChI=1S/C9H18N2O2/c1-8(2,3)11-7(12)13-6-9(10)4-5-9/h4-6,10H2,1-3H3,(H,11,12). The topological polar surface area (TPSA) is 64.3 Å². The van der Waals surface area contributed by atoms with E-state index in [4.69, 9.17) is 10.5 Å². The molecule has 13 heavy (non-hydrogen) atoms. The van der Waals surface area contributed by atoms with E-state index in [1.54, 1.807) is 0 Å². The first kappa shape index (κ1) is 10.3. The highest BCUT2D eigenvalue weighted by molar-refractivity contribution is 5.68. The Hall–Kier alpha value is -0.770. The number of alkyl carbamates (subject to hydrolysis) is 1. The second-order valence-electron chi connectivity index (χ2n) is 4.81. The lowest BCUT2D eigenvalue weighted by Crippen LogP contribution is -2.42. The Morgan fingerprint density at radius 1 is 1.54 bits per heavy atom. The van der Waals surface area contributed by atoms with E-state index < -0.39 is 0 Å². The molecular weight excluding hydrogens is 168 g/mol. The molecule has 0 aromatic rings. The molecule has 1 rings (SSSR count). The molecule has 4 nitrogen and oxygen atoms in total. The average Bonchev–Trinajstić information content (AvgIpc) is 2.62. The summed E-state index contributed by atoms with van der Waals surface area (Å²) in [4.78, 5) is 11.1. The average molecular weight is 186 g/mol. The Morgan fingerprint density at radius 2 is 2.08 bits per heavy atom. The van der Waals surface area contributed by atoms with Crippen LogP contribution in [0.5, 0.6) is 0 Å². The monoisotopic (exact) mass is 186 g/mol. The molecule has 0 aliphatic heterocycles. The van der Waals surface area contributed by atoms with Crippen LogP contribution < -0.4 is 11.1 Å². The quantitative estimate of drug-likeness (QED) is 0.676. The van der Waals surface area contributed by atoms with Gasteiger partial charge < -0.3 is 15.8 Å². The number of hydrogen-bond donors (Lipinski definition) is 2. The summed E-state index contributed by atoms with van der Waals surface area (Å²) in [5, 5.41) is 2.70. The van der Waals surface area contributed by atoms with Gasteiger partial charge >= 0.3 is 6.09 Å². The lowest BCUT2D eigenvalue weighted by molar-refractivity contribution is 0.128. The highest BCUT2D eigenvalue weighted by atomic mass is 16.5. The van der Waals surface area contributed by atoms with Crippen molar-refractivity contribution in [1.29, 1.82) is 0 Å². The molecule has 0 heterocycles. The molecule has 4 heteroatoms. The molecule has 1 amide bonds. The van der Waals surface area contributed by atoms with Crippen LogP contribution in [0.15, 0.2) is 0 Å². The minimum Gasteiger partial charge on any atom is -0.448 e. The van der Waals surface area contributed by atoms with Crippen LogP contribution in [-0.2, 0) is 4.74 Å². The van der Waals surface area contributed by atoms with Gasteiger partial charge in [0, 0.05) is 5.54 Å². The molecule has 0 atom stereocenters. The molecule has 1 fully saturated rings. The second kappa shape index (κ2) is 3.18. The van der Waals surface area contributed by atoms with Gasteiger partial charge in [-0.05, 0) is 33.6 Å². The van der Waals surface area contributed by atoms with Gasteiger partial charge in [0.15, 0.2) is 0 Å². The molecule has 76 valence electrons. The summed E-state index contributed by atoms with van der Waals surface area (Å²) in [7, 11) is 0. The van der Waals surface area contributed by atoms with Crippen molar-refractivity contribution in [1.82, 2.24) is 5.32 Å². The van der Waals surface area contributed by atoms with E-state index in [1.807, 2.05) is 20.8 Å². The summed E-state index contributed by atoms with van der Waals surface area (Å²) < 4.78 is 4.97. The predicted octanol–water partition coefficient (Wildman–Crippen LogP) is 1.00. The third-order valence-corrected chi connectivity index (χ3v) is 1.86. The van der Waals surface area contributed by atoms with E-state index in [1.165, 1.54) is 0 Å². The fourth-order valence-electron chi connectivity index (χ4n) is 0.856. The lowest BCUT2D eigenvalue weighted by atomic mass is 10.1. The molecule has 0 saturated heterocycles. The van der Waals surface area contributed by atoms with E-state index >= 15 is 0 Å². The fourth-order valence-corrected chi connectivity index (χ4v) is 0.856. The molecule has 0 aromatic heterocycles. The molecular formula is C9H18N2O2. The number of ether oxygens (including phenoxy) is 1. The molecule has 0 bridgehead atoms. The molecule has 0 unspecified atom stereocenters. The highest BCUT2D eigenvalue weighted by Gasteiger charge is 2.39. The number of nitrogens with two attached hydrogens (primary N) is 1. The van der Waals surface area contributed by atoms with Crippen LogP contribution in [0.1, 0.15) is 33.6 Å². The van der Waals surface area contributed by atoms with Crippen molar-refractivity contribution in [2.45, 2.75) is 44.7 Å². The first-order valence-corrected chi connectivity index (χ1v) is 4.55. The SMILES string of the molecule is CC(C)(C)NC(=O)OCC1(N)CC1. The lowest BCUT2D eigenvalue weighted by Gasteiger charge is -2.20. The van der Waals surface area contributed by atoms with Crippen molar-refractivity contribution in [3.63, 3.8) is 0 Å². The van der Waals surface area contributed by atoms with Gasteiger partial charge in [0.25, 0.3) is 0 Å². The van der Waals surface area contributed by atoms with Crippen LogP contribution in [0.3, 0.4) is 0 Å². The summed E-state index contributed by atoms with van der Waals surface area (Å²) in [5.74, 6) is 0. The first-order valence-electron chi connectivity index (χ1n) is 4.55. The molecule has 1 saturated carbocycles.